The van der Waals surface area contributed by atoms with Gasteiger partial charge in [0.25, 0.3) is 5.91 Å². The Kier molecular flexibility index (Phi) is 7.54. The first-order chi connectivity index (χ1) is 15.4. The lowest BCUT2D eigenvalue weighted by Gasteiger charge is -2.09. The third-order valence-corrected chi connectivity index (χ3v) is 4.63. The molecule has 0 aliphatic heterocycles. The van der Waals surface area contributed by atoms with Crippen molar-refractivity contribution in [3.05, 3.63) is 102 Å². The largest absolute Gasteiger partial charge is 0.489 e. The highest BCUT2D eigenvalue weighted by atomic mass is 16.5. The summed E-state index contributed by atoms with van der Waals surface area (Å²) in [4.78, 5) is 35.9. The standard InChI is InChI=1S/C26H24N2O4/c1-18(16-25(30)27-22-10-8-21(9-11-22)19(2)29)26(31)28-23-12-14-24(15-13-23)32-17-20-6-4-3-5-7-20/h3-16H,17H2,1-2H3,(H,27,30)(H,28,31)/b18-16+. The van der Waals surface area contributed by atoms with Crippen molar-refractivity contribution in [1.82, 2.24) is 0 Å². The van der Waals surface area contributed by atoms with Gasteiger partial charge in [0.1, 0.15) is 12.4 Å². The molecule has 0 fully saturated rings. The lowest BCUT2D eigenvalue weighted by Crippen LogP contribution is -2.16. The van der Waals surface area contributed by atoms with Crippen LogP contribution in [-0.2, 0) is 16.2 Å². The Bertz CT molecular complexity index is 1120. The van der Waals surface area contributed by atoms with Gasteiger partial charge < -0.3 is 15.4 Å². The Morgan fingerprint density at radius 3 is 2.00 bits per heavy atom. The van der Waals surface area contributed by atoms with Crippen LogP contribution in [0.15, 0.2) is 90.5 Å². The van der Waals surface area contributed by atoms with Crippen molar-refractivity contribution in [2.24, 2.45) is 0 Å². The Labute approximate surface area is 186 Å². The highest BCUT2D eigenvalue weighted by Gasteiger charge is 2.08. The molecule has 6 nitrogen and oxygen atoms in total. The number of anilines is 2. The van der Waals surface area contributed by atoms with Crippen molar-refractivity contribution >= 4 is 29.0 Å². The lowest BCUT2D eigenvalue weighted by molar-refractivity contribution is -0.114. The van der Waals surface area contributed by atoms with Crippen LogP contribution in [0.25, 0.3) is 0 Å². The van der Waals surface area contributed by atoms with Crippen LogP contribution >= 0.6 is 0 Å². The zero-order valence-corrected chi connectivity index (χ0v) is 17.9. The number of amides is 2. The SMILES string of the molecule is CC(=O)c1ccc(NC(=O)/C=C(\C)C(=O)Nc2ccc(OCc3ccccc3)cc2)cc1. The van der Waals surface area contributed by atoms with Crippen LogP contribution in [0.4, 0.5) is 11.4 Å². The minimum absolute atomic E-state index is 0.0499. The third-order valence-electron chi connectivity index (χ3n) is 4.63. The number of hydrogen-bond donors (Lipinski definition) is 2. The molecule has 162 valence electrons. The first kappa shape index (κ1) is 22.5. The molecule has 3 rings (SSSR count). The van der Waals surface area contributed by atoms with Crippen LogP contribution in [0, 0.1) is 0 Å². The zero-order valence-electron chi connectivity index (χ0n) is 17.9. The van der Waals surface area contributed by atoms with Gasteiger partial charge in [0.15, 0.2) is 5.78 Å². The normalized spacial score (nSPS) is 10.9. The minimum atomic E-state index is -0.433. The molecule has 0 heterocycles. The lowest BCUT2D eigenvalue weighted by atomic mass is 10.1. The monoisotopic (exact) mass is 428 g/mol. The first-order valence-electron chi connectivity index (χ1n) is 10.1. The Balaban J connectivity index is 1.52. The van der Waals surface area contributed by atoms with Gasteiger partial charge in [-0.25, -0.2) is 0 Å². The molecule has 2 N–H and O–H groups in total. The van der Waals surface area contributed by atoms with Crippen molar-refractivity contribution in [2.45, 2.75) is 20.5 Å². The molecule has 32 heavy (non-hydrogen) atoms. The van der Waals surface area contributed by atoms with Gasteiger partial charge in [-0.3, -0.25) is 14.4 Å². The highest BCUT2D eigenvalue weighted by molar-refractivity contribution is 6.10. The summed E-state index contributed by atoms with van der Waals surface area (Å²) in [6.45, 7) is 3.50. The predicted octanol–water partition coefficient (Wildman–Crippen LogP) is 4.99. The van der Waals surface area contributed by atoms with Gasteiger partial charge in [0.2, 0.25) is 5.91 Å². The van der Waals surface area contributed by atoms with E-state index in [1.54, 1.807) is 55.5 Å². The van der Waals surface area contributed by atoms with Crippen LogP contribution in [0.1, 0.15) is 29.8 Å². The fourth-order valence-corrected chi connectivity index (χ4v) is 2.83. The van der Waals surface area contributed by atoms with Crippen molar-refractivity contribution in [3.8, 4) is 5.75 Å². The van der Waals surface area contributed by atoms with Gasteiger partial charge in [-0.2, -0.15) is 0 Å². The predicted molar refractivity (Wildman–Crippen MR) is 125 cm³/mol. The molecule has 0 aromatic heterocycles. The van der Waals surface area contributed by atoms with E-state index in [1.807, 2.05) is 30.3 Å². The van der Waals surface area contributed by atoms with Crippen LogP contribution in [0.3, 0.4) is 0 Å². The summed E-state index contributed by atoms with van der Waals surface area (Å²) < 4.78 is 5.73. The van der Waals surface area contributed by atoms with Gasteiger partial charge in [0, 0.05) is 28.6 Å². The highest BCUT2D eigenvalue weighted by Crippen LogP contribution is 2.18. The van der Waals surface area contributed by atoms with Crippen LogP contribution in [-0.4, -0.2) is 17.6 Å². The van der Waals surface area contributed by atoms with E-state index in [2.05, 4.69) is 10.6 Å². The Morgan fingerprint density at radius 1 is 0.781 bits per heavy atom. The van der Waals surface area contributed by atoms with E-state index >= 15 is 0 Å². The van der Waals surface area contributed by atoms with Crippen molar-refractivity contribution in [1.29, 1.82) is 0 Å². The van der Waals surface area contributed by atoms with Crippen LogP contribution < -0.4 is 15.4 Å². The fraction of sp³-hybridized carbons (Fsp3) is 0.115. The maximum Gasteiger partial charge on any atom is 0.251 e. The number of carbonyl (C=O) groups is 3. The molecule has 0 aliphatic rings. The van der Waals surface area contributed by atoms with E-state index < -0.39 is 5.91 Å². The average molecular weight is 428 g/mol. The average Bonchev–Trinajstić information content (AvgIpc) is 2.79. The number of carbonyl (C=O) groups excluding carboxylic acids is 3. The number of rotatable bonds is 8. The van der Waals surface area contributed by atoms with Gasteiger partial charge >= 0.3 is 0 Å². The fourth-order valence-electron chi connectivity index (χ4n) is 2.83. The maximum atomic E-state index is 12.4. The number of hydrogen-bond acceptors (Lipinski definition) is 4. The summed E-state index contributed by atoms with van der Waals surface area (Å²) in [6.07, 6.45) is 1.23. The van der Waals surface area contributed by atoms with Gasteiger partial charge in [-0.05, 0) is 67.9 Å². The number of ether oxygens (including phenoxy) is 1. The van der Waals surface area contributed by atoms with Gasteiger partial charge in [0.05, 0.1) is 0 Å². The van der Waals surface area contributed by atoms with Crippen molar-refractivity contribution in [2.75, 3.05) is 10.6 Å². The summed E-state index contributed by atoms with van der Waals surface area (Å²) >= 11 is 0. The third kappa shape index (κ3) is 6.67. The zero-order chi connectivity index (χ0) is 22.9. The smallest absolute Gasteiger partial charge is 0.251 e. The summed E-state index contributed by atoms with van der Waals surface area (Å²) in [5.41, 5.74) is 3.02. The molecule has 0 radical (unpaired) electrons. The van der Waals surface area contributed by atoms with E-state index in [4.69, 9.17) is 4.74 Å². The second kappa shape index (κ2) is 10.7. The minimum Gasteiger partial charge on any atom is -0.489 e. The second-order valence-corrected chi connectivity index (χ2v) is 7.20. The van der Waals surface area contributed by atoms with E-state index in [0.717, 1.165) is 5.56 Å². The summed E-state index contributed by atoms with van der Waals surface area (Å²) in [6, 6.07) is 23.4. The van der Waals surface area contributed by atoms with Gasteiger partial charge in [-0.1, -0.05) is 30.3 Å². The number of benzene rings is 3. The van der Waals surface area contributed by atoms with Crippen molar-refractivity contribution < 1.29 is 19.1 Å². The Hall–Kier alpha value is -4.19. The molecule has 0 atom stereocenters. The second-order valence-electron chi connectivity index (χ2n) is 7.20. The van der Waals surface area contributed by atoms with Gasteiger partial charge in [-0.15, -0.1) is 0 Å². The molecular weight excluding hydrogens is 404 g/mol. The number of ketones is 1. The summed E-state index contributed by atoms with van der Waals surface area (Å²) in [5, 5.41) is 5.42. The van der Waals surface area contributed by atoms with E-state index in [0.29, 0.717) is 29.3 Å². The molecule has 0 aliphatic carbocycles. The first-order valence-corrected chi connectivity index (χ1v) is 10.1. The molecule has 0 unspecified atom stereocenters. The quantitative estimate of drug-likeness (QED) is 0.391. The molecule has 3 aromatic rings. The molecule has 6 heteroatoms. The van der Waals surface area contributed by atoms with E-state index in [-0.39, 0.29) is 17.3 Å². The van der Waals surface area contributed by atoms with Crippen LogP contribution in [0.2, 0.25) is 0 Å². The van der Waals surface area contributed by atoms with E-state index in [9.17, 15) is 14.4 Å². The molecule has 0 saturated carbocycles. The topological polar surface area (TPSA) is 84.5 Å². The van der Waals surface area contributed by atoms with E-state index in [1.165, 1.54) is 13.0 Å². The number of nitrogens with one attached hydrogen (secondary N) is 2. The number of Topliss-reactive ketones (excluding diaryl/α,β-unsaturated/α-hetero) is 1. The molecule has 3 aromatic carbocycles. The maximum absolute atomic E-state index is 12.4. The molecule has 0 bridgehead atoms. The molecular formula is C26H24N2O4. The Morgan fingerprint density at radius 2 is 1.38 bits per heavy atom. The molecule has 2 amide bonds. The van der Waals surface area contributed by atoms with Crippen molar-refractivity contribution in [3.63, 3.8) is 0 Å². The molecule has 0 spiro atoms. The summed E-state index contributed by atoms with van der Waals surface area (Å²) in [5.74, 6) is -0.178. The van der Waals surface area contributed by atoms with Crippen LogP contribution in [0.5, 0.6) is 5.75 Å². The molecule has 0 saturated heterocycles. The summed E-state index contributed by atoms with van der Waals surface area (Å²) in [7, 11) is 0.